The first-order chi connectivity index (χ1) is 17.9. The smallest absolute Gasteiger partial charge is 0.334 e. The van der Waals surface area contributed by atoms with Crippen molar-refractivity contribution in [1.82, 2.24) is 14.1 Å². The molecule has 2 atom stereocenters. The Bertz CT molecular complexity index is 1680. The highest BCUT2D eigenvalue weighted by Crippen LogP contribution is 2.42. The van der Waals surface area contributed by atoms with Gasteiger partial charge in [0, 0.05) is 10.1 Å². The van der Waals surface area contributed by atoms with Crippen LogP contribution in [0, 0.1) is 32.9 Å². The molecule has 190 valence electrons. The van der Waals surface area contributed by atoms with Gasteiger partial charge in [0.2, 0.25) is 0 Å². The number of fused-ring (bicyclic) bond motifs is 3. The van der Waals surface area contributed by atoms with Gasteiger partial charge in [0.05, 0.1) is 18.9 Å². The molecule has 1 saturated carbocycles. The average Bonchev–Trinajstić information content (AvgIpc) is 3.32. The highest BCUT2D eigenvalue weighted by molar-refractivity contribution is 14.1. The van der Waals surface area contributed by atoms with Gasteiger partial charge >= 0.3 is 5.69 Å². The van der Waals surface area contributed by atoms with Crippen LogP contribution in [0.4, 0.5) is 13.2 Å². The molecule has 37 heavy (non-hydrogen) atoms. The van der Waals surface area contributed by atoms with Gasteiger partial charge in [-0.1, -0.05) is 30.3 Å². The molecule has 2 aromatic heterocycles. The molecule has 0 bridgehead atoms. The first-order valence-electron chi connectivity index (χ1n) is 11.9. The third kappa shape index (κ3) is 4.35. The van der Waals surface area contributed by atoms with Crippen LogP contribution in [0.3, 0.4) is 0 Å². The predicted molar refractivity (Wildman–Crippen MR) is 140 cm³/mol. The molecule has 2 unspecified atom stereocenters. The molecule has 2 heterocycles. The van der Waals surface area contributed by atoms with E-state index in [1.165, 1.54) is 16.7 Å². The Morgan fingerprint density at radius 2 is 1.86 bits per heavy atom. The van der Waals surface area contributed by atoms with Crippen molar-refractivity contribution in [1.29, 1.82) is 0 Å². The van der Waals surface area contributed by atoms with Gasteiger partial charge in [-0.05, 0) is 71.0 Å². The van der Waals surface area contributed by atoms with E-state index in [0.29, 0.717) is 35.0 Å². The van der Waals surface area contributed by atoms with Gasteiger partial charge in [-0.2, -0.15) is 0 Å². The lowest BCUT2D eigenvalue weighted by molar-refractivity contribution is 0.107. The number of aryl methyl sites for hydroxylation is 1. The van der Waals surface area contributed by atoms with Crippen LogP contribution in [-0.2, 0) is 17.9 Å². The fourth-order valence-corrected chi connectivity index (χ4v) is 5.37. The summed E-state index contributed by atoms with van der Waals surface area (Å²) in [7, 11) is 0. The number of hydrogen-bond acceptors (Lipinski definition) is 4. The fourth-order valence-electron chi connectivity index (χ4n) is 4.92. The summed E-state index contributed by atoms with van der Waals surface area (Å²) in [5.74, 6) is -2.55. The summed E-state index contributed by atoms with van der Waals surface area (Å²) in [4.78, 5) is 17.4. The van der Waals surface area contributed by atoms with Crippen molar-refractivity contribution in [3.8, 4) is 5.69 Å². The van der Waals surface area contributed by atoms with E-state index < -0.39 is 23.1 Å². The van der Waals surface area contributed by atoms with E-state index >= 15 is 4.39 Å². The molecule has 6 nitrogen and oxygen atoms in total. The third-order valence-electron chi connectivity index (χ3n) is 6.92. The largest absolute Gasteiger partial charge is 0.441 e. The highest BCUT2D eigenvalue weighted by Gasteiger charge is 2.37. The van der Waals surface area contributed by atoms with Crippen LogP contribution in [0.2, 0.25) is 0 Å². The normalized spacial score (nSPS) is 17.2. The van der Waals surface area contributed by atoms with Crippen molar-refractivity contribution in [2.75, 3.05) is 6.61 Å². The number of benzene rings is 3. The van der Waals surface area contributed by atoms with Crippen LogP contribution in [0.5, 0.6) is 0 Å². The van der Waals surface area contributed by atoms with Gasteiger partial charge in [-0.3, -0.25) is 9.13 Å². The van der Waals surface area contributed by atoms with E-state index in [4.69, 9.17) is 9.15 Å². The van der Waals surface area contributed by atoms with Gasteiger partial charge in [-0.25, -0.2) is 22.9 Å². The number of imidazole rings is 1. The lowest BCUT2D eigenvalue weighted by atomic mass is 10.2. The van der Waals surface area contributed by atoms with E-state index in [1.807, 2.05) is 52.9 Å². The lowest BCUT2D eigenvalue weighted by Gasteiger charge is -2.06. The minimum Gasteiger partial charge on any atom is -0.441 e. The SMILES string of the molecule is O=c1n(CCC2CC2COCc2ccccc2)c2c3ocnc3c(F)c(F)c2n1-c1ccc(I)cc1F. The summed E-state index contributed by atoms with van der Waals surface area (Å²) in [6.45, 7) is 1.37. The van der Waals surface area contributed by atoms with Crippen molar-refractivity contribution in [3.05, 3.63) is 92.0 Å². The maximum absolute atomic E-state index is 15.3. The average molecular weight is 619 g/mol. The standard InChI is InChI=1S/C27H21F3IN3O3/c28-19-11-18(31)6-7-20(19)34-24-22(30)21(29)23-26(37-14-32-23)25(24)33(27(34)35)9-8-16-10-17(16)13-36-12-15-4-2-1-3-5-15/h1-7,11,14,16-17H,8-10,12-13H2. The molecule has 0 radical (unpaired) electrons. The second-order valence-corrected chi connectivity index (χ2v) is 10.5. The van der Waals surface area contributed by atoms with E-state index in [2.05, 4.69) is 4.98 Å². The molecular formula is C27H21F3IN3O3. The van der Waals surface area contributed by atoms with Gasteiger partial charge in [0.25, 0.3) is 0 Å². The molecule has 0 saturated heterocycles. The minimum atomic E-state index is -1.27. The Balaban J connectivity index is 1.31. The number of rotatable bonds is 8. The van der Waals surface area contributed by atoms with Gasteiger partial charge in [0.15, 0.2) is 29.1 Å². The predicted octanol–water partition coefficient (Wildman–Crippen LogP) is 6.20. The van der Waals surface area contributed by atoms with Crippen molar-refractivity contribution in [2.24, 2.45) is 11.8 Å². The van der Waals surface area contributed by atoms with Crippen LogP contribution < -0.4 is 5.69 Å². The molecule has 5 aromatic rings. The molecule has 6 rings (SSSR count). The van der Waals surface area contributed by atoms with Gasteiger partial charge in [0.1, 0.15) is 16.9 Å². The lowest BCUT2D eigenvalue weighted by Crippen LogP contribution is -2.24. The Labute approximate surface area is 222 Å². The summed E-state index contributed by atoms with van der Waals surface area (Å²) in [5.41, 5.74) is -0.393. The molecule has 0 spiro atoms. The number of ether oxygens (including phenoxy) is 1. The summed E-state index contributed by atoms with van der Waals surface area (Å²) in [6, 6.07) is 14.1. The fraction of sp³-hybridized carbons (Fsp3) is 0.259. The topological polar surface area (TPSA) is 62.2 Å². The number of oxazole rings is 1. The van der Waals surface area contributed by atoms with Crippen LogP contribution in [-0.4, -0.2) is 20.7 Å². The van der Waals surface area contributed by atoms with Crippen LogP contribution >= 0.6 is 22.6 Å². The summed E-state index contributed by atoms with van der Waals surface area (Å²) in [6.07, 6.45) is 2.59. The van der Waals surface area contributed by atoms with Crippen molar-refractivity contribution in [2.45, 2.75) is 26.0 Å². The number of nitrogens with zero attached hydrogens (tertiary/aromatic N) is 3. The summed E-state index contributed by atoms with van der Waals surface area (Å²) < 4.78 is 59.2. The molecular weight excluding hydrogens is 598 g/mol. The summed E-state index contributed by atoms with van der Waals surface area (Å²) in [5, 5.41) is 0. The van der Waals surface area contributed by atoms with Crippen molar-refractivity contribution >= 4 is 44.7 Å². The Morgan fingerprint density at radius 3 is 2.65 bits per heavy atom. The Hall–Kier alpha value is -3.12. The van der Waals surface area contributed by atoms with E-state index in [-0.39, 0.29) is 34.4 Å². The molecule has 1 aliphatic rings. The highest BCUT2D eigenvalue weighted by atomic mass is 127. The molecule has 1 fully saturated rings. The number of aromatic nitrogens is 3. The van der Waals surface area contributed by atoms with Gasteiger partial charge in [-0.15, -0.1) is 0 Å². The number of halogens is 4. The maximum atomic E-state index is 15.3. The molecule has 1 aliphatic carbocycles. The van der Waals surface area contributed by atoms with E-state index in [9.17, 15) is 13.6 Å². The molecule has 0 N–H and O–H groups in total. The quantitative estimate of drug-likeness (QED) is 0.194. The third-order valence-corrected chi connectivity index (χ3v) is 7.59. The monoisotopic (exact) mass is 619 g/mol. The van der Waals surface area contributed by atoms with Gasteiger partial charge < -0.3 is 9.15 Å². The Kier molecular flexibility index (Phi) is 6.31. The minimum absolute atomic E-state index is 0.0470. The zero-order valence-electron chi connectivity index (χ0n) is 19.5. The van der Waals surface area contributed by atoms with E-state index in [1.54, 1.807) is 6.07 Å². The van der Waals surface area contributed by atoms with Crippen LogP contribution in [0.1, 0.15) is 18.4 Å². The second-order valence-electron chi connectivity index (χ2n) is 9.27. The van der Waals surface area contributed by atoms with Crippen LogP contribution in [0.15, 0.2) is 64.1 Å². The first kappa shape index (κ1) is 24.2. The Morgan fingerprint density at radius 1 is 1.05 bits per heavy atom. The van der Waals surface area contributed by atoms with Crippen LogP contribution in [0.25, 0.3) is 27.8 Å². The summed E-state index contributed by atoms with van der Waals surface area (Å²) >= 11 is 1.94. The molecule has 10 heteroatoms. The number of hydrogen-bond donors (Lipinski definition) is 0. The molecule has 3 aromatic carbocycles. The van der Waals surface area contributed by atoms with Crippen molar-refractivity contribution < 1.29 is 22.3 Å². The van der Waals surface area contributed by atoms with Crippen molar-refractivity contribution in [3.63, 3.8) is 0 Å². The molecule has 0 amide bonds. The molecule has 0 aliphatic heterocycles. The first-order valence-corrected chi connectivity index (χ1v) is 12.9. The van der Waals surface area contributed by atoms with E-state index in [0.717, 1.165) is 22.9 Å². The zero-order chi connectivity index (χ0) is 25.7. The zero-order valence-corrected chi connectivity index (χ0v) is 21.6. The second kappa shape index (κ2) is 9.64. The maximum Gasteiger partial charge on any atom is 0.334 e.